The molecule has 0 atom stereocenters. The lowest BCUT2D eigenvalue weighted by atomic mass is 10.3. The molecule has 0 bridgehead atoms. The Hall–Kier alpha value is -1.42. The fraction of sp³-hybridized carbons (Fsp3) is 0.500. The average molecular weight is 221 g/mol. The Balaban J connectivity index is 2.21. The fourth-order valence-electron chi connectivity index (χ4n) is 1.24. The van der Waals surface area contributed by atoms with Crippen molar-refractivity contribution in [2.24, 2.45) is 0 Å². The first kappa shape index (κ1) is 12.6. The summed E-state index contributed by atoms with van der Waals surface area (Å²) >= 11 is 0. The van der Waals surface area contributed by atoms with Gasteiger partial charge in [0.15, 0.2) is 0 Å². The molecule has 1 rings (SSSR count). The maximum absolute atomic E-state index is 11.3. The lowest BCUT2D eigenvalue weighted by Crippen LogP contribution is -2.26. The van der Waals surface area contributed by atoms with Gasteiger partial charge in [-0.15, -0.1) is 0 Å². The van der Waals surface area contributed by atoms with Crippen molar-refractivity contribution in [1.82, 2.24) is 15.2 Å². The van der Waals surface area contributed by atoms with Crippen LogP contribution in [-0.4, -0.2) is 36.4 Å². The predicted molar refractivity (Wildman–Crippen MR) is 64.0 cm³/mol. The summed E-state index contributed by atoms with van der Waals surface area (Å²) in [6.45, 7) is 3.41. The Kier molecular flexibility index (Phi) is 4.92. The van der Waals surface area contributed by atoms with Crippen LogP contribution in [0.3, 0.4) is 0 Å². The van der Waals surface area contributed by atoms with Gasteiger partial charge >= 0.3 is 0 Å². The van der Waals surface area contributed by atoms with E-state index in [4.69, 9.17) is 0 Å². The summed E-state index contributed by atoms with van der Waals surface area (Å²) in [5, 5.41) is 3.20. The van der Waals surface area contributed by atoms with Crippen molar-refractivity contribution in [3.05, 3.63) is 29.6 Å². The van der Waals surface area contributed by atoms with Crippen LogP contribution in [-0.2, 0) is 11.3 Å². The standard InChI is InChI=1S/C12H19N3O/c1-10-4-5-11(14-8-10)9-13-7-6-12(16)15(2)3/h4-5,8,13H,6-7,9H2,1-3H3. The molecule has 88 valence electrons. The summed E-state index contributed by atoms with van der Waals surface area (Å²) in [5.74, 6) is 0.143. The number of rotatable bonds is 5. The molecule has 16 heavy (non-hydrogen) atoms. The first-order valence-electron chi connectivity index (χ1n) is 5.42. The second kappa shape index (κ2) is 6.23. The molecule has 0 aliphatic rings. The number of amides is 1. The number of hydrogen-bond donors (Lipinski definition) is 1. The van der Waals surface area contributed by atoms with Gasteiger partial charge in [-0.2, -0.15) is 0 Å². The highest BCUT2D eigenvalue weighted by Crippen LogP contribution is 1.97. The molecule has 1 aromatic heterocycles. The third kappa shape index (κ3) is 4.40. The van der Waals surface area contributed by atoms with Crippen LogP contribution in [0.5, 0.6) is 0 Å². The molecule has 0 spiro atoms. The highest BCUT2D eigenvalue weighted by Gasteiger charge is 2.02. The molecule has 0 fully saturated rings. The summed E-state index contributed by atoms with van der Waals surface area (Å²) in [4.78, 5) is 17.1. The first-order chi connectivity index (χ1) is 7.59. The third-order valence-electron chi connectivity index (χ3n) is 2.29. The Morgan fingerprint density at radius 1 is 1.44 bits per heavy atom. The van der Waals surface area contributed by atoms with Gasteiger partial charge in [-0.05, 0) is 18.6 Å². The summed E-state index contributed by atoms with van der Waals surface area (Å²) in [6.07, 6.45) is 2.38. The molecule has 0 radical (unpaired) electrons. The van der Waals surface area contributed by atoms with Crippen LogP contribution >= 0.6 is 0 Å². The zero-order valence-electron chi connectivity index (χ0n) is 10.2. The maximum atomic E-state index is 11.3. The maximum Gasteiger partial charge on any atom is 0.223 e. The van der Waals surface area contributed by atoms with Crippen molar-refractivity contribution in [2.45, 2.75) is 19.9 Å². The lowest BCUT2D eigenvalue weighted by Gasteiger charge is -2.10. The van der Waals surface area contributed by atoms with E-state index in [0.29, 0.717) is 19.5 Å². The number of hydrogen-bond acceptors (Lipinski definition) is 3. The summed E-state index contributed by atoms with van der Waals surface area (Å²) < 4.78 is 0. The van der Waals surface area contributed by atoms with Gasteiger partial charge in [-0.3, -0.25) is 9.78 Å². The number of carbonyl (C=O) groups is 1. The van der Waals surface area contributed by atoms with E-state index in [1.165, 1.54) is 0 Å². The number of aromatic nitrogens is 1. The van der Waals surface area contributed by atoms with E-state index in [1.54, 1.807) is 19.0 Å². The van der Waals surface area contributed by atoms with Crippen LogP contribution in [0.1, 0.15) is 17.7 Å². The molecule has 4 heteroatoms. The minimum absolute atomic E-state index is 0.143. The van der Waals surface area contributed by atoms with E-state index >= 15 is 0 Å². The van der Waals surface area contributed by atoms with Gasteiger partial charge in [0.25, 0.3) is 0 Å². The molecule has 1 amide bonds. The SMILES string of the molecule is Cc1ccc(CNCCC(=O)N(C)C)nc1. The van der Waals surface area contributed by atoms with Crippen molar-refractivity contribution in [1.29, 1.82) is 0 Å². The molecule has 0 aliphatic heterocycles. The van der Waals surface area contributed by atoms with Crippen molar-refractivity contribution in [2.75, 3.05) is 20.6 Å². The van der Waals surface area contributed by atoms with Crippen molar-refractivity contribution in [3.63, 3.8) is 0 Å². The van der Waals surface area contributed by atoms with Crippen molar-refractivity contribution >= 4 is 5.91 Å². The number of nitrogens with one attached hydrogen (secondary N) is 1. The highest BCUT2D eigenvalue weighted by molar-refractivity contribution is 5.75. The van der Waals surface area contributed by atoms with Gasteiger partial charge in [0.05, 0.1) is 5.69 Å². The van der Waals surface area contributed by atoms with Gasteiger partial charge in [0.2, 0.25) is 5.91 Å². The van der Waals surface area contributed by atoms with Gasteiger partial charge < -0.3 is 10.2 Å². The van der Waals surface area contributed by atoms with E-state index in [2.05, 4.69) is 10.3 Å². The van der Waals surface area contributed by atoms with E-state index in [9.17, 15) is 4.79 Å². The molecule has 1 N–H and O–H groups in total. The zero-order chi connectivity index (χ0) is 12.0. The van der Waals surface area contributed by atoms with E-state index in [0.717, 1.165) is 11.3 Å². The molecule has 4 nitrogen and oxygen atoms in total. The van der Waals surface area contributed by atoms with Crippen molar-refractivity contribution in [3.8, 4) is 0 Å². The quantitative estimate of drug-likeness (QED) is 0.753. The Labute approximate surface area is 96.7 Å². The molecule has 0 aliphatic carbocycles. The molecule has 0 aromatic carbocycles. The minimum Gasteiger partial charge on any atom is -0.349 e. The number of aryl methyl sites for hydroxylation is 1. The monoisotopic (exact) mass is 221 g/mol. The normalized spacial score (nSPS) is 10.2. The molecule has 0 saturated carbocycles. The molecular formula is C12H19N3O. The van der Waals surface area contributed by atoms with E-state index < -0.39 is 0 Å². The van der Waals surface area contributed by atoms with E-state index in [1.807, 2.05) is 25.3 Å². The summed E-state index contributed by atoms with van der Waals surface area (Å²) in [7, 11) is 3.54. The minimum atomic E-state index is 0.143. The zero-order valence-corrected chi connectivity index (χ0v) is 10.2. The van der Waals surface area contributed by atoms with Gasteiger partial charge in [0.1, 0.15) is 0 Å². The number of pyridine rings is 1. The Morgan fingerprint density at radius 2 is 2.19 bits per heavy atom. The van der Waals surface area contributed by atoms with Crippen molar-refractivity contribution < 1.29 is 4.79 Å². The Morgan fingerprint density at radius 3 is 2.75 bits per heavy atom. The highest BCUT2D eigenvalue weighted by atomic mass is 16.2. The predicted octanol–water partition coefficient (Wildman–Crippen LogP) is 0.958. The van der Waals surface area contributed by atoms with Crippen LogP contribution in [0.4, 0.5) is 0 Å². The lowest BCUT2D eigenvalue weighted by molar-refractivity contribution is -0.128. The Bertz CT molecular complexity index is 333. The second-order valence-electron chi connectivity index (χ2n) is 4.04. The third-order valence-corrected chi connectivity index (χ3v) is 2.29. The van der Waals surface area contributed by atoms with Gasteiger partial charge in [0, 0.05) is 39.8 Å². The van der Waals surface area contributed by atoms with Crippen LogP contribution in [0.25, 0.3) is 0 Å². The molecule has 0 unspecified atom stereocenters. The van der Waals surface area contributed by atoms with Crippen LogP contribution in [0.15, 0.2) is 18.3 Å². The number of nitrogens with zero attached hydrogens (tertiary/aromatic N) is 2. The summed E-state index contributed by atoms with van der Waals surface area (Å²) in [6, 6.07) is 4.03. The summed E-state index contributed by atoms with van der Waals surface area (Å²) in [5.41, 5.74) is 2.16. The second-order valence-corrected chi connectivity index (χ2v) is 4.04. The van der Waals surface area contributed by atoms with Gasteiger partial charge in [-0.1, -0.05) is 6.07 Å². The van der Waals surface area contributed by atoms with Crippen LogP contribution in [0.2, 0.25) is 0 Å². The molecule has 1 aromatic rings. The fourth-order valence-corrected chi connectivity index (χ4v) is 1.24. The number of carbonyl (C=O) groups excluding carboxylic acids is 1. The van der Waals surface area contributed by atoms with Gasteiger partial charge in [-0.25, -0.2) is 0 Å². The topological polar surface area (TPSA) is 45.2 Å². The smallest absolute Gasteiger partial charge is 0.223 e. The van der Waals surface area contributed by atoms with E-state index in [-0.39, 0.29) is 5.91 Å². The average Bonchev–Trinajstić information content (AvgIpc) is 2.26. The molecular weight excluding hydrogens is 202 g/mol. The largest absolute Gasteiger partial charge is 0.349 e. The molecule has 0 saturated heterocycles. The first-order valence-corrected chi connectivity index (χ1v) is 5.42. The van der Waals surface area contributed by atoms with Crippen LogP contribution in [0, 0.1) is 6.92 Å². The van der Waals surface area contributed by atoms with Crippen LogP contribution < -0.4 is 5.32 Å². The molecule has 1 heterocycles.